The van der Waals surface area contributed by atoms with Gasteiger partial charge in [-0.15, -0.1) is 0 Å². The fourth-order valence-corrected chi connectivity index (χ4v) is 8.55. The Kier molecular flexibility index (Phi) is 19.5. The van der Waals surface area contributed by atoms with E-state index in [0.29, 0.717) is 13.2 Å². The Morgan fingerprint density at radius 3 is 1.95 bits per heavy atom. The maximum atomic E-state index is 11.8. The second-order valence-corrected chi connectivity index (χ2v) is 16.8. The number of carbonyl (C=O) groups excluding carboxylic acids is 2. The Labute approximate surface area is 246 Å². The number of carbonyl (C=O) groups is 2. The zero-order valence-corrected chi connectivity index (χ0v) is 27.6. The van der Waals surface area contributed by atoms with Crippen LogP contribution in [0.1, 0.15) is 34.1 Å². The molecule has 0 saturated carbocycles. The van der Waals surface area contributed by atoms with Gasteiger partial charge in [-0.25, -0.2) is 0 Å². The number of halogens is 3. The van der Waals surface area contributed by atoms with Gasteiger partial charge < -0.3 is 23.0 Å². The van der Waals surface area contributed by atoms with Crippen LogP contribution in [0.25, 0.3) is 0 Å². The zero-order chi connectivity index (χ0) is 28.6. The van der Waals surface area contributed by atoms with Gasteiger partial charge in [-0.2, -0.15) is 4.98 Å². The van der Waals surface area contributed by atoms with E-state index in [0.717, 1.165) is 11.4 Å². The van der Waals surface area contributed by atoms with Gasteiger partial charge in [0.1, 0.15) is 10.3 Å². The lowest BCUT2D eigenvalue weighted by Crippen LogP contribution is -2.24. The number of aromatic nitrogens is 1. The van der Waals surface area contributed by atoms with Crippen LogP contribution in [0.3, 0.4) is 0 Å². The van der Waals surface area contributed by atoms with Crippen molar-refractivity contribution in [2.75, 3.05) is 40.6 Å². The zero-order valence-electron chi connectivity index (χ0n) is 21.1. The molecule has 1 rings (SSSR count). The predicted molar refractivity (Wildman–Crippen MR) is 155 cm³/mol. The molecule has 1 unspecified atom stereocenters. The largest absolute Gasteiger partial charge is 0.466 e. The van der Waals surface area contributed by atoms with E-state index in [4.69, 9.17) is 90.5 Å². The third-order valence-electron chi connectivity index (χ3n) is 3.54. The number of esters is 2. The molecule has 37 heavy (non-hydrogen) atoms. The molecule has 1 aromatic rings. The summed E-state index contributed by atoms with van der Waals surface area (Å²) in [5.74, 6) is -0.956. The van der Waals surface area contributed by atoms with Crippen LogP contribution in [0, 0.1) is 0 Å². The molecule has 18 heteroatoms. The van der Waals surface area contributed by atoms with Crippen molar-refractivity contribution in [3.8, 4) is 5.88 Å². The second kappa shape index (κ2) is 19.3. The minimum absolute atomic E-state index is 0.0521. The normalized spacial score (nSPS) is 12.2. The van der Waals surface area contributed by atoms with E-state index in [1.165, 1.54) is 20.3 Å². The highest BCUT2D eigenvalue weighted by Gasteiger charge is 2.32. The molecule has 0 spiro atoms. The maximum absolute atomic E-state index is 11.8. The number of nitrogens with zero attached hydrogens (tertiary/aromatic N) is 1. The molecule has 0 fully saturated rings. The summed E-state index contributed by atoms with van der Waals surface area (Å²) in [6, 6.07) is 1.42. The first-order valence-electron chi connectivity index (χ1n) is 10.7. The molecule has 0 aromatic carbocycles. The Bertz CT molecular complexity index is 960. The highest BCUT2D eigenvalue weighted by atomic mass is 35.5. The van der Waals surface area contributed by atoms with Crippen molar-refractivity contribution < 1.29 is 41.7 Å². The van der Waals surface area contributed by atoms with Crippen LogP contribution >= 0.6 is 58.6 Å². The Morgan fingerprint density at radius 1 is 0.946 bits per heavy atom. The van der Waals surface area contributed by atoms with E-state index in [9.17, 15) is 9.59 Å². The average Bonchev–Trinajstić information content (AvgIpc) is 2.83. The van der Waals surface area contributed by atoms with Crippen LogP contribution in [0.2, 0.25) is 15.2 Å². The van der Waals surface area contributed by atoms with Crippen LogP contribution < -0.4 is 4.52 Å². The van der Waals surface area contributed by atoms with Gasteiger partial charge in [-0.05, 0) is 45.6 Å². The first-order chi connectivity index (χ1) is 17.3. The smallest absolute Gasteiger partial charge is 0.381 e. The molecule has 10 nitrogen and oxygen atoms in total. The van der Waals surface area contributed by atoms with Crippen molar-refractivity contribution in [1.82, 2.24) is 4.98 Å². The second-order valence-electron chi connectivity index (χ2n) is 6.09. The summed E-state index contributed by atoms with van der Waals surface area (Å²) < 4.78 is 36.0. The van der Waals surface area contributed by atoms with Gasteiger partial charge in [0.05, 0.1) is 37.9 Å². The fraction of sp³-hybridized carbons (Fsp3) is 0.632. The molecule has 1 atom stereocenters. The summed E-state index contributed by atoms with van der Waals surface area (Å²) in [7, 11) is 2.81. The van der Waals surface area contributed by atoms with Crippen LogP contribution in [0.15, 0.2) is 6.07 Å². The standard InChI is InChI=1S/C10H19O6PS2.C9H11Cl3NO3PS/c1-5-15-9(11)7-8(10(12)16-6-2)19-17(18,13-3)14-4;1-3-14-17(18,15-4-2)16-9-7(11)5-6(10)8(12)13-9/h8H,5-7H2,1-4H3;5H,3-4H2,1-2H3. The van der Waals surface area contributed by atoms with Crippen LogP contribution in [0.5, 0.6) is 5.88 Å². The average molecular weight is 681 g/mol. The van der Waals surface area contributed by atoms with E-state index >= 15 is 0 Å². The van der Waals surface area contributed by atoms with Gasteiger partial charge in [0.15, 0.2) is 5.15 Å². The lowest BCUT2D eigenvalue weighted by Gasteiger charge is -2.21. The van der Waals surface area contributed by atoms with E-state index < -0.39 is 29.6 Å². The molecule has 0 radical (unpaired) electrons. The maximum Gasteiger partial charge on any atom is 0.381 e. The van der Waals surface area contributed by atoms with Crippen molar-refractivity contribution in [2.45, 2.75) is 39.4 Å². The number of hydrogen-bond donors (Lipinski definition) is 0. The minimum atomic E-state index is -2.92. The SMILES string of the molecule is CCOC(=O)CC(SP(=S)(OC)OC)C(=O)OCC.CCOP(=S)(OCC)Oc1nc(Cl)c(Cl)cc1Cl. The molecule has 214 valence electrons. The molecular weight excluding hydrogens is 651 g/mol. The first-order valence-corrected chi connectivity index (χ1v) is 18.5. The highest BCUT2D eigenvalue weighted by Crippen LogP contribution is 2.62. The van der Waals surface area contributed by atoms with Gasteiger partial charge >= 0.3 is 18.7 Å². The summed E-state index contributed by atoms with van der Waals surface area (Å²) in [4.78, 5) is 27.2. The first kappa shape index (κ1) is 37.2. The molecule has 0 amide bonds. The summed E-state index contributed by atoms with van der Waals surface area (Å²) in [6.45, 7) is 5.22. The van der Waals surface area contributed by atoms with Crippen molar-refractivity contribution in [3.05, 3.63) is 21.3 Å². The van der Waals surface area contributed by atoms with Gasteiger partial charge in [-0.1, -0.05) is 46.2 Å². The van der Waals surface area contributed by atoms with Crippen molar-refractivity contribution >= 4 is 94.1 Å². The van der Waals surface area contributed by atoms with Crippen LogP contribution in [0.4, 0.5) is 0 Å². The van der Waals surface area contributed by atoms with Crippen molar-refractivity contribution in [2.24, 2.45) is 0 Å². The van der Waals surface area contributed by atoms with Crippen LogP contribution in [-0.4, -0.2) is 62.8 Å². The third-order valence-corrected chi connectivity index (χ3v) is 12.8. The predicted octanol–water partition coefficient (Wildman–Crippen LogP) is 6.84. The molecule has 0 N–H and O–H groups in total. The quantitative estimate of drug-likeness (QED) is 0.110. The lowest BCUT2D eigenvalue weighted by molar-refractivity contribution is -0.149. The third kappa shape index (κ3) is 14.4. The summed E-state index contributed by atoms with van der Waals surface area (Å²) >= 11 is 28.8. The number of hydrogen-bond acceptors (Lipinski definition) is 13. The summed E-state index contributed by atoms with van der Waals surface area (Å²) in [6.07, 6.45) is -0.123. The summed E-state index contributed by atoms with van der Waals surface area (Å²) in [5, 5.41) is -0.288. The van der Waals surface area contributed by atoms with Crippen LogP contribution in [-0.2, 0) is 60.8 Å². The molecule has 0 aliphatic carbocycles. The van der Waals surface area contributed by atoms with Gasteiger partial charge in [-0.3, -0.25) is 18.6 Å². The molecule has 0 aliphatic heterocycles. The molecule has 1 heterocycles. The molecule has 1 aromatic heterocycles. The number of rotatable bonds is 15. The van der Waals surface area contributed by atoms with Gasteiger partial charge in [0.2, 0.25) is 11.6 Å². The monoisotopic (exact) mass is 679 g/mol. The number of pyridine rings is 1. The minimum Gasteiger partial charge on any atom is -0.466 e. The Hall–Kier alpha value is 0.250. The van der Waals surface area contributed by atoms with Gasteiger partial charge in [0.25, 0.3) is 0 Å². The molecule has 0 bridgehead atoms. The van der Waals surface area contributed by atoms with Gasteiger partial charge in [0, 0.05) is 26.0 Å². The lowest BCUT2D eigenvalue weighted by atomic mass is 10.3. The molecular formula is C19H30Cl3NO9P2S3. The van der Waals surface area contributed by atoms with E-state index in [2.05, 4.69) is 4.98 Å². The Morgan fingerprint density at radius 2 is 1.49 bits per heavy atom. The van der Waals surface area contributed by atoms with Crippen molar-refractivity contribution in [3.63, 3.8) is 0 Å². The van der Waals surface area contributed by atoms with Crippen molar-refractivity contribution in [1.29, 1.82) is 0 Å². The Balaban J connectivity index is 0.000000701. The fourth-order valence-electron chi connectivity index (χ4n) is 2.09. The van der Waals surface area contributed by atoms with E-state index in [1.807, 2.05) is 0 Å². The van der Waals surface area contributed by atoms with E-state index in [1.54, 1.807) is 27.7 Å². The topological polar surface area (TPSA) is 112 Å². The summed E-state index contributed by atoms with van der Waals surface area (Å²) in [5.41, 5.74) is -2.65. The van der Waals surface area contributed by atoms with E-state index in [-0.39, 0.29) is 40.7 Å². The highest BCUT2D eigenvalue weighted by molar-refractivity contribution is 8.68. The molecule has 0 saturated heterocycles. The number of ether oxygens (including phenoxy) is 2. The molecule has 0 aliphatic rings.